The molecule has 2 nitrogen and oxygen atoms in total. The molecule has 0 saturated carbocycles. The zero-order chi connectivity index (χ0) is 16.5. The molecule has 0 unspecified atom stereocenters. The third kappa shape index (κ3) is 6.73. The van der Waals surface area contributed by atoms with Gasteiger partial charge in [-0.15, -0.1) is 5.92 Å². The largest absolute Gasteiger partial charge is 0.466 e. The Morgan fingerprint density at radius 2 is 1.61 bits per heavy atom. The third-order valence-electron chi connectivity index (χ3n) is 3.14. The monoisotopic (exact) mass is 324 g/mol. The Morgan fingerprint density at radius 3 is 2.35 bits per heavy atom. The van der Waals surface area contributed by atoms with E-state index in [1.54, 1.807) is 0 Å². The van der Waals surface area contributed by atoms with E-state index in [0.29, 0.717) is 6.61 Å². The van der Waals surface area contributed by atoms with E-state index in [1.807, 2.05) is 54.6 Å². The molecule has 2 aromatic carbocycles. The van der Waals surface area contributed by atoms with Gasteiger partial charge >= 0.3 is 0 Å². The van der Waals surface area contributed by atoms with E-state index in [2.05, 4.69) is 31.5 Å². The average molecular weight is 324 g/mol. The molecule has 2 rings (SSSR count). The van der Waals surface area contributed by atoms with Crippen LogP contribution in [0.5, 0.6) is 5.75 Å². The van der Waals surface area contributed by atoms with Gasteiger partial charge in [0, 0.05) is 6.04 Å². The molecular weight excluding hydrogens is 300 g/mol. The Bertz CT molecular complexity index is 663. The van der Waals surface area contributed by atoms with Crippen LogP contribution in [0.15, 0.2) is 54.6 Å². The third-order valence-corrected chi connectivity index (χ3v) is 4.38. The second-order valence-corrected chi connectivity index (χ2v) is 12.1. The van der Waals surface area contributed by atoms with Gasteiger partial charge in [0.2, 0.25) is 0 Å². The number of para-hydroxylation sites is 1. The van der Waals surface area contributed by atoms with E-state index in [4.69, 9.17) is 9.47 Å². The summed E-state index contributed by atoms with van der Waals surface area (Å²) in [6.45, 7) is 7.73. The van der Waals surface area contributed by atoms with Gasteiger partial charge in [-0.2, -0.15) is 0 Å². The second-order valence-electron chi connectivity index (χ2n) is 6.63. The van der Waals surface area contributed by atoms with Crippen LogP contribution in [0.25, 0.3) is 0 Å². The topological polar surface area (TPSA) is 18.5 Å². The maximum atomic E-state index is 5.73. The van der Waals surface area contributed by atoms with Crippen molar-refractivity contribution < 1.29 is 9.47 Å². The molecule has 23 heavy (non-hydrogen) atoms. The molecule has 0 fully saturated rings. The zero-order valence-electron chi connectivity index (χ0n) is 14.1. The second kappa shape index (κ2) is 8.57. The van der Waals surface area contributed by atoms with Gasteiger partial charge in [-0.05, 0) is 17.7 Å². The SMILES string of the molecule is C[Si](C)(C)CC#Cc1ccccc1OCOCc1ccccc1. The Balaban J connectivity index is 1.87. The van der Waals surface area contributed by atoms with Crippen LogP contribution in [-0.2, 0) is 11.3 Å². The maximum absolute atomic E-state index is 5.73. The van der Waals surface area contributed by atoms with Crippen molar-refractivity contribution in [3.8, 4) is 17.6 Å². The molecule has 0 radical (unpaired) electrons. The molecule has 0 spiro atoms. The summed E-state index contributed by atoms with van der Waals surface area (Å²) in [4.78, 5) is 0. The lowest BCUT2D eigenvalue weighted by Crippen LogP contribution is -2.17. The summed E-state index contributed by atoms with van der Waals surface area (Å²) in [6.07, 6.45) is 0. The molecule has 0 aliphatic heterocycles. The Labute approximate surface area is 140 Å². The van der Waals surface area contributed by atoms with Crippen molar-refractivity contribution in [2.75, 3.05) is 6.79 Å². The fraction of sp³-hybridized carbons (Fsp3) is 0.300. The van der Waals surface area contributed by atoms with E-state index in [9.17, 15) is 0 Å². The molecule has 0 amide bonds. The van der Waals surface area contributed by atoms with Crippen molar-refractivity contribution in [3.05, 3.63) is 65.7 Å². The molecule has 0 N–H and O–H groups in total. The van der Waals surface area contributed by atoms with E-state index in [1.165, 1.54) is 0 Å². The quantitative estimate of drug-likeness (QED) is 0.325. The highest BCUT2D eigenvalue weighted by atomic mass is 28.3. The summed E-state index contributed by atoms with van der Waals surface area (Å²) < 4.78 is 11.3. The first-order valence-electron chi connectivity index (χ1n) is 7.87. The van der Waals surface area contributed by atoms with Crippen LogP contribution in [-0.4, -0.2) is 14.9 Å². The maximum Gasteiger partial charge on any atom is 0.189 e. The highest BCUT2D eigenvalue weighted by Crippen LogP contribution is 2.17. The normalized spacial score (nSPS) is 10.7. The molecule has 0 aliphatic rings. The van der Waals surface area contributed by atoms with E-state index >= 15 is 0 Å². The van der Waals surface area contributed by atoms with Crippen LogP contribution >= 0.6 is 0 Å². The first-order chi connectivity index (χ1) is 11.0. The van der Waals surface area contributed by atoms with Gasteiger partial charge in [0.25, 0.3) is 0 Å². The highest BCUT2D eigenvalue weighted by molar-refractivity contribution is 6.76. The minimum Gasteiger partial charge on any atom is -0.466 e. The fourth-order valence-corrected chi connectivity index (χ4v) is 2.56. The Morgan fingerprint density at radius 1 is 0.913 bits per heavy atom. The smallest absolute Gasteiger partial charge is 0.189 e. The van der Waals surface area contributed by atoms with Crippen molar-refractivity contribution >= 4 is 8.07 Å². The lowest BCUT2D eigenvalue weighted by Gasteiger charge is -2.10. The molecule has 120 valence electrons. The predicted octanol–water partition coefficient (Wildman–Crippen LogP) is 4.93. The molecule has 3 heteroatoms. The van der Waals surface area contributed by atoms with Crippen molar-refractivity contribution in [1.82, 2.24) is 0 Å². The van der Waals surface area contributed by atoms with Gasteiger partial charge in [0.05, 0.1) is 20.2 Å². The molecule has 0 atom stereocenters. The summed E-state index contributed by atoms with van der Waals surface area (Å²) in [5.74, 6) is 7.30. The van der Waals surface area contributed by atoms with Gasteiger partial charge in [0.1, 0.15) is 5.75 Å². The summed E-state index contributed by atoms with van der Waals surface area (Å²) >= 11 is 0. The molecule has 2 aromatic rings. The minimum atomic E-state index is -1.14. The van der Waals surface area contributed by atoms with E-state index in [-0.39, 0.29) is 6.79 Å². The van der Waals surface area contributed by atoms with Crippen LogP contribution < -0.4 is 4.74 Å². The Kier molecular flexibility index (Phi) is 6.46. The van der Waals surface area contributed by atoms with Crippen molar-refractivity contribution in [3.63, 3.8) is 0 Å². The van der Waals surface area contributed by atoms with Crippen molar-refractivity contribution in [2.45, 2.75) is 32.3 Å². The van der Waals surface area contributed by atoms with E-state index in [0.717, 1.165) is 22.9 Å². The zero-order valence-corrected chi connectivity index (χ0v) is 15.1. The number of hydrogen-bond donors (Lipinski definition) is 0. The molecule has 0 bridgehead atoms. The van der Waals surface area contributed by atoms with Gasteiger partial charge < -0.3 is 9.47 Å². The minimum absolute atomic E-state index is 0.224. The standard InChI is InChI=1S/C20H24O2Si/c1-23(2,3)15-9-13-19-12-7-8-14-20(19)22-17-21-16-18-10-5-4-6-11-18/h4-8,10-12,14H,15-17H2,1-3H3. The first kappa shape index (κ1) is 17.3. The summed E-state index contributed by atoms with van der Waals surface area (Å²) in [6, 6.07) is 18.9. The average Bonchev–Trinajstić information content (AvgIpc) is 2.53. The van der Waals surface area contributed by atoms with Gasteiger partial charge in [-0.3, -0.25) is 0 Å². The number of rotatable bonds is 6. The summed E-state index contributed by atoms with van der Waals surface area (Å²) in [5, 5.41) is 0. The van der Waals surface area contributed by atoms with Crippen molar-refractivity contribution in [1.29, 1.82) is 0 Å². The molecule has 0 heterocycles. The number of benzene rings is 2. The van der Waals surface area contributed by atoms with Gasteiger partial charge in [-0.25, -0.2) is 0 Å². The summed E-state index contributed by atoms with van der Waals surface area (Å²) in [7, 11) is -1.14. The van der Waals surface area contributed by atoms with Crippen molar-refractivity contribution in [2.24, 2.45) is 0 Å². The first-order valence-corrected chi connectivity index (χ1v) is 11.6. The van der Waals surface area contributed by atoms with Gasteiger partial charge in [0.15, 0.2) is 6.79 Å². The lowest BCUT2D eigenvalue weighted by atomic mass is 10.2. The molecule has 0 aliphatic carbocycles. The highest BCUT2D eigenvalue weighted by Gasteiger charge is 2.10. The van der Waals surface area contributed by atoms with E-state index < -0.39 is 8.07 Å². The molecule has 0 saturated heterocycles. The number of hydrogen-bond acceptors (Lipinski definition) is 2. The lowest BCUT2D eigenvalue weighted by molar-refractivity contribution is 0.00490. The molecule has 0 aromatic heterocycles. The summed E-state index contributed by atoms with van der Waals surface area (Å²) in [5.41, 5.74) is 2.06. The van der Waals surface area contributed by atoms with Crippen LogP contribution in [0.4, 0.5) is 0 Å². The van der Waals surface area contributed by atoms with Crippen LogP contribution in [0, 0.1) is 11.8 Å². The molecular formula is C20H24O2Si. The fourth-order valence-electron chi connectivity index (χ4n) is 1.94. The predicted molar refractivity (Wildman–Crippen MR) is 98.2 cm³/mol. The van der Waals surface area contributed by atoms with Crippen LogP contribution in [0.3, 0.4) is 0 Å². The van der Waals surface area contributed by atoms with Gasteiger partial charge in [-0.1, -0.05) is 68.0 Å². The van der Waals surface area contributed by atoms with Crippen LogP contribution in [0.1, 0.15) is 11.1 Å². The Hall–Kier alpha value is -2.02. The number of ether oxygens (including phenoxy) is 2. The van der Waals surface area contributed by atoms with Crippen LogP contribution in [0.2, 0.25) is 25.7 Å².